The van der Waals surface area contributed by atoms with Gasteiger partial charge in [-0.2, -0.15) is 36.5 Å². The summed E-state index contributed by atoms with van der Waals surface area (Å²) in [5, 5.41) is 10.5. The van der Waals surface area contributed by atoms with E-state index in [2.05, 4.69) is 20.5 Å². The standard InChI is InChI=1S/C22H18F6N6O/c1-12-8-16(22(26,27)28)19-13(2)31-34(20(19)29-12)11-18(35)30-17-6-7-33(32-17)10-14-4-3-5-15(9-14)21(23,24)25/h3-9H,10-11H2,1-2H3,(H,30,32,35). The average Bonchev–Trinajstić information content (AvgIpc) is 3.30. The van der Waals surface area contributed by atoms with Gasteiger partial charge < -0.3 is 5.32 Å². The lowest BCUT2D eigenvalue weighted by Gasteiger charge is -2.10. The first-order chi connectivity index (χ1) is 16.3. The molecule has 0 spiro atoms. The second-order valence-electron chi connectivity index (χ2n) is 7.90. The van der Waals surface area contributed by atoms with Gasteiger partial charge in [-0.3, -0.25) is 9.48 Å². The first-order valence-corrected chi connectivity index (χ1v) is 10.2. The van der Waals surface area contributed by atoms with E-state index in [-0.39, 0.29) is 34.8 Å². The maximum atomic E-state index is 13.5. The second-order valence-corrected chi connectivity index (χ2v) is 7.90. The van der Waals surface area contributed by atoms with Crippen molar-refractivity contribution in [2.24, 2.45) is 0 Å². The molecule has 0 aliphatic heterocycles. The van der Waals surface area contributed by atoms with Crippen molar-refractivity contribution in [2.75, 3.05) is 5.32 Å². The molecule has 1 aromatic carbocycles. The molecule has 0 saturated heterocycles. The Morgan fingerprint density at radius 2 is 1.74 bits per heavy atom. The molecule has 1 amide bonds. The highest BCUT2D eigenvalue weighted by atomic mass is 19.4. The lowest BCUT2D eigenvalue weighted by atomic mass is 10.1. The SMILES string of the molecule is Cc1cc(C(F)(F)F)c2c(C)nn(CC(=O)Nc3ccn(Cc4cccc(C(F)(F)F)c4)n3)c2n1. The molecular weight excluding hydrogens is 478 g/mol. The normalized spacial score (nSPS) is 12.3. The van der Waals surface area contributed by atoms with E-state index in [1.165, 1.54) is 42.9 Å². The molecule has 35 heavy (non-hydrogen) atoms. The minimum absolute atomic E-state index is 0.0339. The molecule has 3 heterocycles. The van der Waals surface area contributed by atoms with Crippen LogP contribution in [0.15, 0.2) is 42.6 Å². The van der Waals surface area contributed by atoms with Crippen LogP contribution in [0.3, 0.4) is 0 Å². The maximum Gasteiger partial charge on any atom is 0.417 e. The van der Waals surface area contributed by atoms with Crippen LogP contribution in [0.1, 0.15) is 28.1 Å². The number of fused-ring (bicyclic) bond motifs is 1. The Bertz CT molecular complexity index is 1400. The zero-order chi connectivity index (χ0) is 25.5. The van der Waals surface area contributed by atoms with Crippen molar-refractivity contribution in [1.82, 2.24) is 24.5 Å². The van der Waals surface area contributed by atoms with Gasteiger partial charge in [0.1, 0.15) is 6.54 Å². The molecule has 4 aromatic rings. The predicted molar refractivity (Wildman–Crippen MR) is 113 cm³/mol. The molecule has 7 nitrogen and oxygen atoms in total. The Morgan fingerprint density at radius 1 is 1.00 bits per heavy atom. The van der Waals surface area contributed by atoms with Crippen molar-refractivity contribution in [2.45, 2.75) is 39.3 Å². The number of anilines is 1. The van der Waals surface area contributed by atoms with Gasteiger partial charge in [0.2, 0.25) is 5.91 Å². The molecule has 0 atom stereocenters. The number of aryl methyl sites for hydroxylation is 2. The van der Waals surface area contributed by atoms with Crippen LogP contribution in [0.25, 0.3) is 11.0 Å². The van der Waals surface area contributed by atoms with Crippen molar-refractivity contribution in [3.63, 3.8) is 0 Å². The number of nitrogens with one attached hydrogen (secondary N) is 1. The summed E-state index contributed by atoms with van der Waals surface area (Å²) in [5.41, 5.74) is -1.16. The first-order valence-electron chi connectivity index (χ1n) is 10.2. The summed E-state index contributed by atoms with van der Waals surface area (Å²) < 4.78 is 81.5. The van der Waals surface area contributed by atoms with E-state index in [1.807, 2.05) is 0 Å². The Kier molecular flexibility index (Phi) is 6.03. The minimum Gasteiger partial charge on any atom is -0.308 e. The maximum absolute atomic E-state index is 13.5. The summed E-state index contributed by atoms with van der Waals surface area (Å²) in [7, 11) is 0. The van der Waals surface area contributed by atoms with E-state index in [0.29, 0.717) is 5.56 Å². The number of amides is 1. The predicted octanol–water partition coefficient (Wildman–Crippen LogP) is 4.97. The van der Waals surface area contributed by atoms with Gasteiger partial charge in [-0.15, -0.1) is 0 Å². The lowest BCUT2D eigenvalue weighted by molar-refractivity contribution is -0.138. The average molecular weight is 496 g/mol. The highest BCUT2D eigenvalue weighted by Crippen LogP contribution is 2.36. The van der Waals surface area contributed by atoms with Gasteiger partial charge in [0.25, 0.3) is 0 Å². The quantitative estimate of drug-likeness (QED) is 0.396. The number of hydrogen-bond donors (Lipinski definition) is 1. The fourth-order valence-corrected chi connectivity index (χ4v) is 3.68. The van der Waals surface area contributed by atoms with Crippen LogP contribution in [0.5, 0.6) is 0 Å². The van der Waals surface area contributed by atoms with E-state index in [1.54, 1.807) is 0 Å². The number of rotatable bonds is 5. The van der Waals surface area contributed by atoms with Gasteiger partial charge in [-0.1, -0.05) is 12.1 Å². The molecule has 0 saturated carbocycles. The lowest BCUT2D eigenvalue weighted by Crippen LogP contribution is -2.20. The molecule has 184 valence electrons. The molecule has 0 aliphatic carbocycles. The number of carbonyl (C=O) groups excluding carboxylic acids is 1. The van der Waals surface area contributed by atoms with Crippen LogP contribution < -0.4 is 5.32 Å². The zero-order valence-corrected chi connectivity index (χ0v) is 18.4. The summed E-state index contributed by atoms with van der Waals surface area (Å²) in [6, 6.07) is 7.16. The van der Waals surface area contributed by atoms with Crippen LogP contribution in [-0.4, -0.2) is 30.5 Å². The molecule has 0 bridgehead atoms. The van der Waals surface area contributed by atoms with Crippen LogP contribution >= 0.6 is 0 Å². The zero-order valence-electron chi connectivity index (χ0n) is 18.4. The van der Waals surface area contributed by atoms with Crippen molar-refractivity contribution in [3.05, 3.63) is 70.7 Å². The molecule has 4 rings (SSSR count). The number of hydrogen-bond acceptors (Lipinski definition) is 4. The molecule has 0 aliphatic rings. The number of benzene rings is 1. The fraction of sp³-hybridized carbons (Fsp3) is 0.273. The number of halogens is 6. The molecule has 0 fully saturated rings. The van der Waals surface area contributed by atoms with Crippen LogP contribution in [0, 0.1) is 13.8 Å². The molecular formula is C22H18F6N6O. The minimum atomic E-state index is -4.61. The summed E-state index contributed by atoms with van der Waals surface area (Å²) >= 11 is 0. The van der Waals surface area contributed by atoms with Gasteiger partial charge >= 0.3 is 12.4 Å². The Morgan fingerprint density at radius 3 is 2.43 bits per heavy atom. The first kappa shape index (κ1) is 24.2. The van der Waals surface area contributed by atoms with Crippen molar-refractivity contribution < 1.29 is 31.1 Å². The Balaban J connectivity index is 1.49. The summed E-state index contributed by atoms with van der Waals surface area (Å²) in [5.74, 6) is -0.495. The number of aromatic nitrogens is 5. The van der Waals surface area contributed by atoms with E-state index >= 15 is 0 Å². The molecule has 1 N–H and O–H groups in total. The van der Waals surface area contributed by atoms with Crippen LogP contribution in [0.2, 0.25) is 0 Å². The van der Waals surface area contributed by atoms with E-state index in [9.17, 15) is 31.1 Å². The van der Waals surface area contributed by atoms with Gasteiger partial charge in [0.15, 0.2) is 11.5 Å². The number of carbonyl (C=O) groups is 1. The third-order valence-corrected chi connectivity index (χ3v) is 5.11. The summed E-state index contributed by atoms with van der Waals surface area (Å²) in [6.07, 6.45) is -7.61. The van der Waals surface area contributed by atoms with E-state index < -0.39 is 35.9 Å². The largest absolute Gasteiger partial charge is 0.417 e. The monoisotopic (exact) mass is 496 g/mol. The highest BCUT2D eigenvalue weighted by molar-refractivity contribution is 5.91. The number of pyridine rings is 1. The third kappa shape index (κ3) is 5.28. The highest BCUT2D eigenvalue weighted by Gasteiger charge is 2.35. The molecule has 3 aromatic heterocycles. The van der Waals surface area contributed by atoms with Crippen molar-refractivity contribution in [3.8, 4) is 0 Å². The summed E-state index contributed by atoms with van der Waals surface area (Å²) in [4.78, 5) is 16.7. The van der Waals surface area contributed by atoms with Gasteiger partial charge in [-0.05, 0) is 37.6 Å². The Hall–Kier alpha value is -3.90. The van der Waals surface area contributed by atoms with Gasteiger partial charge in [-0.25, -0.2) is 9.67 Å². The van der Waals surface area contributed by atoms with Crippen LogP contribution in [0.4, 0.5) is 32.2 Å². The van der Waals surface area contributed by atoms with Gasteiger partial charge in [0, 0.05) is 18.0 Å². The van der Waals surface area contributed by atoms with E-state index in [4.69, 9.17) is 0 Å². The summed E-state index contributed by atoms with van der Waals surface area (Å²) in [6.45, 7) is 2.43. The smallest absolute Gasteiger partial charge is 0.308 e. The number of alkyl halides is 6. The number of nitrogens with zero attached hydrogens (tertiary/aromatic N) is 5. The molecule has 0 radical (unpaired) electrons. The topological polar surface area (TPSA) is 77.6 Å². The van der Waals surface area contributed by atoms with Crippen molar-refractivity contribution in [1.29, 1.82) is 0 Å². The fourth-order valence-electron chi connectivity index (χ4n) is 3.68. The molecule has 13 heteroatoms. The van der Waals surface area contributed by atoms with Crippen molar-refractivity contribution >= 4 is 22.8 Å². The van der Waals surface area contributed by atoms with Crippen LogP contribution in [-0.2, 0) is 30.2 Å². The third-order valence-electron chi connectivity index (χ3n) is 5.11. The Labute approximate surface area is 194 Å². The van der Waals surface area contributed by atoms with Gasteiger partial charge in [0.05, 0.1) is 28.8 Å². The second kappa shape index (κ2) is 8.71. The van der Waals surface area contributed by atoms with E-state index in [0.717, 1.165) is 22.9 Å². The molecule has 0 unspecified atom stereocenters.